The molecule has 13 heavy (non-hydrogen) atoms. The second-order valence-electron chi connectivity index (χ2n) is 3.88. The van der Waals surface area contributed by atoms with Gasteiger partial charge in [-0.05, 0) is 26.8 Å². The molecule has 0 radical (unpaired) electrons. The van der Waals surface area contributed by atoms with E-state index >= 15 is 0 Å². The fourth-order valence-electron chi connectivity index (χ4n) is 0.900. The van der Waals surface area contributed by atoms with Gasteiger partial charge >= 0.3 is 0 Å². The molecule has 0 atom stereocenters. The van der Waals surface area contributed by atoms with Crippen LogP contribution >= 0.6 is 0 Å². The molecule has 0 heterocycles. The van der Waals surface area contributed by atoms with Crippen LogP contribution in [0.1, 0.15) is 34.1 Å². The Morgan fingerprint density at radius 1 is 1.15 bits per heavy atom. The first kappa shape index (κ1) is 12.9. The zero-order valence-corrected chi connectivity index (χ0v) is 9.82. The van der Waals surface area contributed by atoms with Gasteiger partial charge in [0.05, 0.1) is 11.0 Å². The lowest BCUT2D eigenvalue weighted by molar-refractivity contribution is 0.564. The molecule has 0 aliphatic rings. The summed E-state index contributed by atoms with van der Waals surface area (Å²) in [7, 11) is -2.84. The Balaban J connectivity index is 3.66. The van der Waals surface area contributed by atoms with Crippen molar-refractivity contribution < 1.29 is 8.42 Å². The summed E-state index contributed by atoms with van der Waals surface area (Å²) in [5.74, 6) is 0.296. The summed E-state index contributed by atoms with van der Waals surface area (Å²) in [5.41, 5.74) is 0. The Morgan fingerprint density at radius 2 is 1.69 bits per heavy atom. The highest BCUT2D eigenvalue weighted by atomic mass is 32.2. The molecule has 0 aliphatic heterocycles. The second-order valence-corrected chi connectivity index (χ2v) is 6.55. The molecule has 0 aliphatic carbocycles. The lowest BCUT2D eigenvalue weighted by atomic mass is 10.4. The van der Waals surface area contributed by atoms with Crippen molar-refractivity contribution in [1.29, 1.82) is 0 Å². The van der Waals surface area contributed by atoms with E-state index in [0.29, 0.717) is 18.2 Å². The molecule has 0 bridgehead atoms. The number of rotatable bonds is 6. The van der Waals surface area contributed by atoms with E-state index < -0.39 is 9.84 Å². The maximum absolute atomic E-state index is 11.3. The molecule has 0 spiro atoms. The molecule has 0 aromatic carbocycles. The van der Waals surface area contributed by atoms with E-state index in [1.807, 2.05) is 0 Å². The summed E-state index contributed by atoms with van der Waals surface area (Å²) in [6.45, 7) is 8.34. The Bertz CT molecular complexity index is 220. The first-order valence-corrected chi connectivity index (χ1v) is 6.52. The lowest BCUT2D eigenvalue weighted by Gasteiger charge is -2.09. The molecule has 0 aromatic rings. The minimum absolute atomic E-state index is 0.244. The molecule has 0 aromatic heterocycles. The van der Waals surface area contributed by atoms with Gasteiger partial charge in [-0.25, -0.2) is 8.42 Å². The van der Waals surface area contributed by atoms with Crippen molar-refractivity contribution in [3.8, 4) is 0 Å². The summed E-state index contributed by atoms with van der Waals surface area (Å²) in [5, 5.41) is 2.95. The van der Waals surface area contributed by atoms with Crippen LogP contribution in [-0.2, 0) is 9.84 Å². The molecular weight excluding hydrogens is 186 g/mol. The smallest absolute Gasteiger partial charge is 0.152 e. The molecule has 0 amide bonds. The normalized spacial score (nSPS) is 12.8. The van der Waals surface area contributed by atoms with Gasteiger partial charge in [0.1, 0.15) is 0 Å². The predicted octanol–water partition coefficient (Wildman–Crippen LogP) is 1.20. The Kier molecular flexibility index (Phi) is 5.56. The monoisotopic (exact) mass is 207 g/mol. The van der Waals surface area contributed by atoms with Crippen LogP contribution < -0.4 is 5.32 Å². The first-order chi connectivity index (χ1) is 5.86. The van der Waals surface area contributed by atoms with E-state index in [9.17, 15) is 8.42 Å². The quantitative estimate of drug-likeness (QED) is 0.666. The maximum atomic E-state index is 11.3. The van der Waals surface area contributed by atoms with Crippen molar-refractivity contribution in [1.82, 2.24) is 5.32 Å². The first-order valence-electron chi connectivity index (χ1n) is 4.81. The van der Waals surface area contributed by atoms with Crippen LogP contribution in [0.15, 0.2) is 0 Å². The number of sulfone groups is 1. The third kappa shape index (κ3) is 6.05. The standard InChI is InChI=1S/C9H21NO2S/c1-8(2)10-6-5-7-13(11,12)9(3)4/h8-10H,5-7H2,1-4H3. The molecule has 3 nitrogen and oxygen atoms in total. The van der Waals surface area contributed by atoms with E-state index in [2.05, 4.69) is 19.2 Å². The van der Waals surface area contributed by atoms with Gasteiger partial charge in [-0.15, -0.1) is 0 Å². The van der Waals surface area contributed by atoms with Crippen LogP contribution in [0.3, 0.4) is 0 Å². The van der Waals surface area contributed by atoms with Crippen LogP contribution in [0.25, 0.3) is 0 Å². The largest absolute Gasteiger partial charge is 0.314 e. The van der Waals surface area contributed by atoms with E-state index in [1.165, 1.54) is 0 Å². The topological polar surface area (TPSA) is 46.2 Å². The zero-order valence-electron chi connectivity index (χ0n) is 9.00. The highest BCUT2D eigenvalue weighted by Gasteiger charge is 2.14. The minimum Gasteiger partial charge on any atom is -0.314 e. The van der Waals surface area contributed by atoms with Gasteiger partial charge in [-0.2, -0.15) is 0 Å². The fourth-order valence-corrected chi connectivity index (χ4v) is 1.92. The lowest BCUT2D eigenvalue weighted by Crippen LogP contribution is -2.26. The SMILES string of the molecule is CC(C)NCCCS(=O)(=O)C(C)C. The molecular formula is C9H21NO2S. The van der Waals surface area contributed by atoms with Gasteiger partial charge in [0.15, 0.2) is 9.84 Å². The van der Waals surface area contributed by atoms with Gasteiger partial charge in [0.2, 0.25) is 0 Å². The van der Waals surface area contributed by atoms with Gasteiger partial charge in [-0.1, -0.05) is 13.8 Å². The average Bonchev–Trinajstić information content (AvgIpc) is 1.97. The van der Waals surface area contributed by atoms with E-state index in [4.69, 9.17) is 0 Å². The highest BCUT2D eigenvalue weighted by molar-refractivity contribution is 7.91. The summed E-state index contributed by atoms with van der Waals surface area (Å²) in [4.78, 5) is 0. The Labute approximate surface area is 81.8 Å². The molecule has 0 saturated heterocycles. The predicted molar refractivity (Wildman–Crippen MR) is 56.7 cm³/mol. The van der Waals surface area contributed by atoms with Crippen molar-refractivity contribution in [3.05, 3.63) is 0 Å². The molecule has 0 rings (SSSR count). The number of nitrogens with one attached hydrogen (secondary N) is 1. The minimum atomic E-state index is -2.84. The van der Waals surface area contributed by atoms with Crippen molar-refractivity contribution in [2.75, 3.05) is 12.3 Å². The summed E-state index contributed by atoms with van der Waals surface area (Å²) in [6.07, 6.45) is 0.707. The van der Waals surface area contributed by atoms with Gasteiger partial charge in [-0.3, -0.25) is 0 Å². The van der Waals surface area contributed by atoms with Crippen molar-refractivity contribution >= 4 is 9.84 Å². The molecule has 0 unspecified atom stereocenters. The Morgan fingerprint density at radius 3 is 2.08 bits per heavy atom. The van der Waals surface area contributed by atoms with E-state index in [-0.39, 0.29) is 5.25 Å². The number of hydrogen-bond acceptors (Lipinski definition) is 3. The van der Waals surface area contributed by atoms with Crippen LogP contribution in [0.4, 0.5) is 0 Å². The zero-order chi connectivity index (χ0) is 10.5. The third-order valence-electron chi connectivity index (χ3n) is 1.88. The van der Waals surface area contributed by atoms with E-state index in [1.54, 1.807) is 13.8 Å². The van der Waals surface area contributed by atoms with Crippen molar-refractivity contribution in [2.45, 2.75) is 45.4 Å². The van der Waals surface area contributed by atoms with Crippen LogP contribution in [-0.4, -0.2) is 32.0 Å². The average molecular weight is 207 g/mol. The van der Waals surface area contributed by atoms with Crippen molar-refractivity contribution in [3.63, 3.8) is 0 Å². The van der Waals surface area contributed by atoms with Crippen molar-refractivity contribution in [2.24, 2.45) is 0 Å². The summed E-state index contributed by atoms with van der Waals surface area (Å²) >= 11 is 0. The van der Waals surface area contributed by atoms with Gasteiger partial charge < -0.3 is 5.32 Å². The van der Waals surface area contributed by atoms with Gasteiger partial charge in [0.25, 0.3) is 0 Å². The summed E-state index contributed by atoms with van der Waals surface area (Å²) in [6, 6.07) is 0.432. The molecule has 4 heteroatoms. The summed E-state index contributed by atoms with van der Waals surface area (Å²) < 4.78 is 22.7. The highest BCUT2D eigenvalue weighted by Crippen LogP contribution is 2.01. The van der Waals surface area contributed by atoms with E-state index in [0.717, 1.165) is 6.54 Å². The third-order valence-corrected chi connectivity index (χ3v) is 4.17. The van der Waals surface area contributed by atoms with Crippen LogP contribution in [0, 0.1) is 0 Å². The van der Waals surface area contributed by atoms with Crippen LogP contribution in [0.2, 0.25) is 0 Å². The maximum Gasteiger partial charge on any atom is 0.152 e. The fraction of sp³-hybridized carbons (Fsp3) is 1.00. The molecule has 1 N–H and O–H groups in total. The molecule has 80 valence electrons. The van der Waals surface area contributed by atoms with Gasteiger partial charge in [0, 0.05) is 6.04 Å². The Hall–Kier alpha value is -0.0900. The molecule has 0 saturated carbocycles. The second kappa shape index (κ2) is 5.60. The molecule has 0 fully saturated rings. The van der Waals surface area contributed by atoms with Crippen LogP contribution in [0.5, 0.6) is 0 Å². The number of hydrogen-bond donors (Lipinski definition) is 1.